The number of thioether (sulfide) groups is 1. The van der Waals surface area contributed by atoms with Crippen LogP contribution in [-0.4, -0.2) is 39.8 Å². The normalized spacial score (nSPS) is 11.8. The van der Waals surface area contributed by atoms with Crippen molar-refractivity contribution in [1.82, 2.24) is 9.78 Å². The average Bonchev–Trinajstić information content (AvgIpc) is 3.47. The molecule has 0 saturated carbocycles. The zero-order chi connectivity index (χ0) is 27.6. The highest BCUT2D eigenvalue weighted by atomic mass is 32.2. The second kappa shape index (κ2) is 13.4. The molecule has 0 amide bonds. The Kier molecular flexibility index (Phi) is 9.49. The molecule has 0 aliphatic heterocycles. The average molecular weight is 539 g/mol. The third-order valence-corrected chi connectivity index (χ3v) is 6.71. The second-order valence-corrected chi connectivity index (χ2v) is 9.65. The van der Waals surface area contributed by atoms with Crippen LogP contribution in [0.15, 0.2) is 96.2 Å². The number of carbonyl (C=O) groups is 1. The van der Waals surface area contributed by atoms with Gasteiger partial charge in [-0.2, -0.15) is 5.10 Å². The molecule has 0 radical (unpaired) electrons. The Morgan fingerprint density at radius 3 is 2.44 bits per heavy atom. The highest BCUT2D eigenvalue weighted by molar-refractivity contribution is 7.98. The van der Waals surface area contributed by atoms with Gasteiger partial charge in [0.1, 0.15) is 24.7 Å². The number of hydrogen-bond donors (Lipinski definition) is 1. The van der Waals surface area contributed by atoms with Gasteiger partial charge in [-0.1, -0.05) is 36.1 Å². The molecule has 1 heterocycles. The van der Waals surface area contributed by atoms with Gasteiger partial charge in [-0.3, -0.25) is 4.68 Å². The Morgan fingerprint density at radius 1 is 1.10 bits per heavy atom. The van der Waals surface area contributed by atoms with Crippen molar-refractivity contribution >= 4 is 23.3 Å². The number of rotatable bonds is 10. The molecule has 0 aliphatic rings. The zero-order valence-corrected chi connectivity index (χ0v) is 22.9. The Hall–Kier alpha value is -4.41. The number of aliphatic carboxylic acids is 1. The predicted molar refractivity (Wildman–Crippen MR) is 155 cm³/mol. The van der Waals surface area contributed by atoms with E-state index in [9.17, 15) is 4.79 Å². The van der Waals surface area contributed by atoms with E-state index in [4.69, 9.17) is 14.6 Å². The van der Waals surface area contributed by atoms with Gasteiger partial charge in [-0.25, -0.2) is 4.79 Å². The molecule has 1 atom stereocenters. The van der Waals surface area contributed by atoms with E-state index in [-0.39, 0.29) is 0 Å². The fourth-order valence-electron chi connectivity index (χ4n) is 3.83. The van der Waals surface area contributed by atoms with Crippen molar-refractivity contribution in [2.75, 3.05) is 12.9 Å². The van der Waals surface area contributed by atoms with Gasteiger partial charge in [0.2, 0.25) is 0 Å². The molecule has 0 spiro atoms. The number of ether oxygens (including phenoxy) is 2. The molecular formula is C32H30N2O4S. The van der Waals surface area contributed by atoms with Gasteiger partial charge in [0.25, 0.3) is 0 Å². The summed E-state index contributed by atoms with van der Waals surface area (Å²) in [7, 11) is 0. The van der Waals surface area contributed by atoms with Crippen LogP contribution in [0, 0.1) is 18.8 Å². The Balaban J connectivity index is 1.51. The maximum Gasteiger partial charge on any atom is 0.344 e. The molecule has 4 aromatic rings. The highest BCUT2D eigenvalue weighted by Gasteiger charge is 2.14. The molecule has 6 nitrogen and oxygen atoms in total. The van der Waals surface area contributed by atoms with Crippen LogP contribution in [-0.2, 0) is 11.3 Å². The van der Waals surface area contributed by atoms with Crippen LogP contribution in [0.5, 0.6) is 11.5 Å². The molecule has 1 aromatic heterocycles. The molecule has 0 saturated heterocycles. The van der Waals surface area contributed by atoms with E-state index in [0.717, 1.165) is 27.8 Å². The van der Waals surface area contributed by atoms with Crippen LogP contribution in [0.4, 0.5) is 0 Å². The molecule has 1 unspecified atom stereocenters. The maximum atomic E-state index is 11.1. The number of aryl methyl sites for hydroxylation is 1. The third kappa shape index (κ3) is 7.79. The standard InChI is InChI=1S/C32H30N2O4S/c1-23-22-28(13-16-31(23)38-24(2)32(35)36)37-21-17-30(27-11-14-29(39-3)15-12-27)26-9-7-25(8-10-26)6-4-19-34-20-5-18-33-34/h5,7-18,20,22,24H,19,21H2,1-3H3,(H,35,36)/b30-17+. The highest BCUT2D eigenvalue weighted by Crippen LogP contribution is 2.27. The first kappa shape index (κ1) is 27.6. The number of carboxylic acids is 1. The van der Waals surface area contributed by atoms with Crippen molar-refractivity contribution in [2.45, 2.75) is 31.4 Å². The van der Waals surface area contributed by atoms with Gasteiger partial charge in [0.15, 0.2) is 6.10 Å². The summed E-state index contributed by atoms with van der Waals surface area (Å²) >= 11 is 1.71. The molecule has 0 bridgehead atoms. The molecule has 1 N–H and O–H groups in total. The Morgan fingerprint density at radius 2 is 1.82 bits per heavy atom. The lowest BCUT2D eigenvalue weighted by atomic mass is 9.97. The minimum absolute atomic E-state index is 0.357. The van der Waals surface area contributed by atoms with Crippen LogP contribution in [0.2, 0.25) is 0 Å². The molecular weight excluding hydrogens is 508 g/mol. The van der Waals surface area contributed by atoms with Crippen molar-refractivity contribution in [3.63, 3.8) is 0 Å². The minimum atomic E-state index is -1.01. The largest absolute Gasteiger partial charge is 0.489 e. The van der Waals surface area contributed by atoms with Crippen molar-refractivity contribution < 1.29 is 19.4 Å². The van der Waals surface area contributed by atoms with Crippen LogP contribution in [0.1, 0.15) is 29.2 Å². The summed E-state index contributed by atoms with van der Waals surface area (Å²) in [4.78, 5) is 12.3. The third-order valence-electron chi connectivity index (χ3n) is 5.97. The molecule has 4 rings (SSSR count). The lowest BCUT2D eigenvalue weighted by molar-refractivity contribution is -0.144. The number of aromatic nitrogens is 2. The van der Waals surface area contributed by atoms with Crippen molar-refractivity contribution in [2.24, 2.45) is 0 Å². The van der Waals surface area contributed by atoms with Crippen molar-refractivity contribution in [3.8, 4) is 23.3 Å². The number of hydrogen-bond acceptors (Lipinski definition) is 5. The van der Waals surface area contributed by atoms with Gasteiger partial charge >= 0.3 is 5.97 Å². The van der Waals surface area contributed by atoms with Gasteiger partial charge in [0, 0.05) is 22.9 Å². The van der Waals surface area contributed by atoms with E-state index in [0.29, 0.717) is 24.7 Å². The first-order valence-electron chi connectivity index (χ1n) is 12.5. The molecule has 39 heavy (non-hydrogen) atoms. The summed E-state index contributed by atoms with van der Waals surface area (Å²) in [5.41, 5.74) is 4.97. The van der Waals surface area contributed by atoms with Crippen LogP contribution in [0.3, 0.4) is 0 Å². The van der Waals surface area contributed by atoms with E-state index in [1.807, 2.05) is 37.4 Å². The summed E-state index contributed by atoms with van der Waals surface area (Å²) in [5.74, 6) is 6.54. The fraction of sp³-hybridized carbons (Fsp3) is 0.188. The number of carboxylic acid groups (broad SMARTS) is 1. The Labute approximate surface area is 233 Å². The monoisotopic (exact) mass is 538 g/mol. The molecule has 7 heteroatoms. The molecule has 198 valence electrons. The second-order valence-electron chi connectivity index (χ2n) is 8.77. The van der Waals surface area contributed by atoms with Gasteiger partial charge in [0.05, 0.1) is 0 Å². The Bertz CT molecular complexity index is 1480. The molecule has 0 aliphatic carbocycles. The van der Waals surface area contributed by atoms with Gasteiger partial charge in [-0.15, -0.1) is 11.8 Å². The SMILES string of the molecule is CSc1ccc(/C(=C/COc2ccc(OC(C)C(=O)O)c(C)c2)c2ccc(C#CCn3cccn3)cc2)cc1. The van der Waals surface area contributed by atoms with Crippen LogP contribution >= 0.6 is 11.8 Å². The fourth-order valence-corrected chi connectivity index (χ4v) is 4.24. The summed E-state index contributed by atoms with van der Waals surface area (Å²) in [5, 5.41) is 13.3. The van der Waals surface area contributed by atoms with Crippen LogP contribution in [0.25, 0.3) is 5.57 Å². The first-order valence-corrected chi connectivity index (χ1v) is 13.7. The van der Waals surface area contributed by atoms with Crippen molar-refractivity contribution in [3.05, 3.63) is 114 Å². The lowest BCUT2D eigenvalue weighted by Crippen LogP contribution is -2.23. The summed E-state index contributed by atoms with van der Waals surface area (Å²) in [6.45, 7) is 4.27. The van der Waals surface area contributed by atoms with Crippen molar-refractivity contribution in [1.29, 1.82) is 0 Å². The number of nitrogens with zero attached hydrogens (tertiary/aromatic N) is 2. The minimum Gasteiger partial charge on any atom is -0.489 e. The van der Waals surface area contributed by atoms with Gasteiger partial charge < -0.3 is 14.6 Å². The first-order chi connectivity index (χ1) is 18.9. The molecule has 3 aromatic carbocycles. The summed E-state index contributed by atoms with van der Waals surface area (Å²) < 4.78 is 13.3. The summed E-state index contributed by atoms with van der Waals surface area (Å²) in [6, 6.07) is 23.9. The van der Waals surface area contributed by atoms with E-state index in [1.54, 1.807) is 34.8 Å². The summed E-state index contributed by atoms with van der Waals surface area (Å²) in [6.07, 6.45) is 6.84. The molecule has 0 fully saturated rings. The smallest absolute Gasteiger partial charge is 0.344 e. The van der Waals surface area contributed by atoms with E-state index in [2.05, 4.69) is 65.7 Å². The van der Waals surface area contributed by atoms with Gasteiger partial charge in [-0.05, 0) is 97.0 Å². The topological polar surface area (TPSA) is 73.6 Å². The zero-order valence-electron chi connectivity index (χ0n) is 22.1. The van der Waals surface area contributed by atoms with E-state index >= 15 is 0 Å². The van der Waals surface area contributed by atoms with E-state index < -0.39 is 12.1 Å². The maximum absolute atomic E-state index is 11.1. The quantitative estimate of drug-likeness (QED) is 0.188. The predicted octanol–water partition coefficient (Wildman–Crippen LogP) is 6.33. The lowest BCUT2D eigenvalue weighted by Gasteiger charge is -2.14. The van der Waals surface area contributed by atoms with Crippen LogP contribution < -0.4 is 9.47 Å². The van der Waals surface area contributed by atoms with E-state index in [1.165, 1.54) is 11.8 Å². The number of benzene rings is 3.